The van der Waals surface area contributed by atoms with Crippen LogP contribution in [0.4, 0.5) is 0 Å². The molecule has 0 N–H and O–H groups in total. The molecule has 1 aliphatic rings. The van der Waals surface area contributed by atoms with Gasteiger partial charge in [-0.1, -0.05) is 90.4 Å². The fourth-order valence-electron chi connectivity index (χ4n) is 3.78. The zero-order valence-electron chi connectivity index (χ0n) is 18.8. The van der Waals surface area contributed by atoms with Crippen molar-refractivity contribution in [3.8, 4) is 0 Å². The van der Waals surface area contributed by atoms with E-state index in [1.165, 1.54) is 77.0 Å². The lowest BCUT2D eigenvalue weighted by Gasteiger charge is -2.25. The van der Waals surface area contributed by atoms with Crippen molar-refractivity contribution < 1.29 is 17.9 Å². The molecule has 0 spiro atoms. The molecule has 0 amide bonds. The van der Waals surface area contributed by atoms with Crippen LogP contribution in [0.1, 0.15) is 103 Å². The van der Waals surface area contributed by atoms with E-state index in [0.29, 0.717) is 32.7 Å². The zero-order valence-corrected chi connectivity index (χ0v) is 19.7. The number of esters is 1. The predicted octanol–water partition coefficient (Wildman–Crippen LogP) is 5.13. The minimum Gasteiger partial charge on any atom is -0.466 e. The Kier molecular flexibility index (Phi) is 15.6. The quantitative estimate of drug-likeness (QED) is 0.222. The van der Waals surface area contributed by atoms with Crippen LogP contribution < -0.4 is 0 Å². The highest BCUT2D eigenvalue weighted by atomic mass is 32.2. The van der Waals surface area contributed by atoms with E-state index in [0.717, 1.165) is 12.8 Å². The van der Waals surface area contributed by atoms with Gasteiger partial charge in [-0.05, 0) is 6.42 Å². The minimum absolute atomic E-state index is 0.159. The Morgan fingerprint density at radius 1 is 0.759 bits per heavy atom. The first-order valence-corrected chi connectivity index (χ1v) is 13.9. The van der Waals surface area contributed by atoms with Gasteiger partial charge in [-0.15, -0.1) is 0 Å². The van der Waals surface area contributed by atoms with Gasteiger partial charge in [0.15, 0.2) is 9.84 Å². The van der Waals surface area contributed by atoms with Gasteiger partial charge in [-0.3, -0.25) is 4.79 Å². The number of sulfone groups is 1. The summed E-state index contributed by atoms with van der Waals surface area (Å²) in [5.74, 6) is 0.260. The molecule has 1 rings (SSSR count). The Balaban J connectivity index is 1.79. The number of hydrogen-bond acceptors (Lipinski definition) is 5. The van der Waals surface area contributed by atoms with Crippen molar-refractivity contribution in [1.82, 2.24) is 4.90 Å². The van der Waals surface area contributed by atoms with Crippen LogP contribution in [0.25, 0.3) is 0 Å². The van der Waals surface area contributed by atoms with Crippen molar-refractivity contribution in [2.24, 2.45) is 0 Å². The molecule has 0 bridgehead atoms. The number of hydrogen-bond donors (Lipinski definition) is 0. The molecular weight excluding hydrogens is 386 g/mol. The summed E-state index contributed by atoms with van der Waals surface area (Å²) in [6, 6.07) is 0. The molecular formula is C23H45NO4S. The van der Waals surface area contributed by atoms with Crippen LogP contribution in [-0.4, -0.2) is 57.0 Å². The van der Waals surface area contributed by atoms with Crippen LogP contribution in [0, 0.1) is 0 Å². The SMILES string of the molecule is CCCCCCCCCCCCCCCCOC(=O)CCN1CCS(=O)(=O)CC1. The highest BCUT2D eigenvalue weighted by Gasteiger charge is 2.21. The lowest BCUT2D eigenvalue weighted by atomic mass is 10.0. The molecule has 0 unspecified atom stereocenters. The van der Waals surface area contributed by atoms with E-state index in [1.807, 2.05) is 4.90 Å². The van der Waals surface area contributed by atoms with Crippen molar-refractivity contribution >= 4 is 15.8 Å². The van der Waals surface area contributed by atoms with E-state index >= 15 is 0 Å². The Morgan fingerprint density at radius 3 is 1.69 bits per heavy atom. The van der Waals surface area contributed by atoms with E-state index in [-0.39, 0.29) is 17.5 Å². The molecule has 0 aromatic rings. The van der Waals surface area contributed by atoms with Gasteiger partial charge >= 0.3 is 5.97 Å². The van der Waals surface area contributed by atoms with E-state index in [4.69, 9.17) is 4.74 Å². The van der Waals surface area contributed by atoms with Crippen LogP contribution in [0.2, 0.25) is 0 Å². The number of carbonyl (C=O) groups is 1. The molecule has 6 heteroatoms. The third kappa shape index (κ3) is 15.8. The summed E-state index contributed by atoms with van der Waals surface area (Å²) in [6.45, 7) is 4.46. The number of ether oxygens (including phenoxy) is 1. The Labute approximate surface area is 179 Å². The van der Waals surface area contributed by atoms with Crippen molar-refractivity contribution in [3.63, 3.8) is 0 Å². The van der Waals surface area contributed by atoms with E-state index in [1.54, 1.807) is 0 Å². The topological polar surface area (TPSA) is 63.7 Å². The van der Waals surface area contributed by atoms with Gasteiger partial charge < -0.3 is 9.64 Å². The maximum atomic E-state index is 11.8. The molecule has 1 fully saturated rings. The van der Waals surface area contributed by atoms with Gasteiger partial charge in [0.05, 0.1) is 24.5 Å². The summed E-state index contributed by atoms with van der Waals surface area (Å²) >= 11 is 0. The number of carbonyl (C=O) groups excluding carboxylic acids is 1. The van der Waals surface area contributed by atoms with Crippen LogP contribution in [-0.2, 0) is 19.4 Å². The molecule has 5 nitrogen and oxygen atoms in total. The number of rotatable bonds is 18. The third-order valence-electron chi connectivity index (χ3n) is 5.83. The van der Waals surface area contributed by atoms with E-state index in [9.17, 15) is 13.2 Å². The van der Waals surface area contributed by atoms with Gasteiger partial charge in [0.2, 0.25) is 0 Å². The molecule has 1 heterocycles. The van der Waals surface area contributed by atoms with E-state index < -0.39 is 9.84 Å². The van der Waals surface area contributed by atoms with Gasteiger partial charge in [0, 0.05) is 19.6 Å². The summed E-state index contributed by atoms with van der Waals surface area (Å²) < 4.78 is 28.1. The fraction of sp³-hybridized carbons (Fsp3) is 0.957. The van der Waals surface area contributed by atoms with E-state index in [2.05, 4.69) is 6.92 Å². The van der Waals surface area contributed by atoms with Crippen molar-refractivity contribution in [3.05, 3.63) is 0 Å². The van der Waals surface area contributed by atoms with Gasteiger partial charge in [0.1, 0.15) is 0 Å². The third-order valence-corrected chi connectivity index (χ3v) is 7.44. The summed E-state index contributed by atoms with van der Waals surface area (Å²) in [5.41, 5.74) is 0. The summed E-state index contributed by atoms with van der Waals surface area (Å²) in [7, 11) is -2.85. The van der Waals surface area contributed by atoms with Crippen molar-refractivity contribution in [2.45, 2.75) is 103 Å². The van der Waals surface area contributed by atoms with Crippen LogP contribution in [0.3, 0.4) is 0 Å². The van der Waals surface area contributed by atoms with Crippen LogP contribution in [0.5, 0.6) is 0 Å². The summed E-state index contributed by atoms with van der Waals surface area (Å²) in [4.78, 5) is 13.8. The molecule has 0 aromatic heterocycles. The molecule has 172 valence electrons. The normalized spacial score (nSPS) is 16.7. The molecule has 0 saturated carbocycles. The van der Waals surface area contributed by atoms with Gasteiger partial charge in [-0.2, -0.15) is 0 Å². The van der Waals surface area contributed by atoms with Gasteiger partial charge in [-0.25, -0.2) is 8.42 Å². The van der Waals surface area contributed by atoms with Crippen molar-refractivity contribution in [1.29, 1.82) is 0 Å². The second-order valence-electron chi connectivity index (χ2n) is 8.56. The van der Waals surface area contributed by atoms with Gasteiger partial charge in [0.25, 0.3) is 0 Å². The first-order chi connectivity index (χ1) is 14.0. The maximum Gasteiger partial charge on any atom is 0.307 e. The monoisotopic (exact) mass is 431 g/mol. The standard InChI is InChI=1S/C23H45NO4S/c1-2-3-4-5-6-7-8-9-10-11-12-13-14-15-20-28-23(25)16-17-24-18-21-29(26,27)22-19-24/h2-22H2,1H3. The second kappa shape index (κ2) is 17.1. The highest BCUT2D eigenvalue weighted by Crippen LogP contribution is 2.13. The molecule has 0 atom stereocenters. The fourth-order valence-corrected chi connectivity index (χ4v) is 5.05. The molecule has 29 heavy (non-hydrogen) atoms. The second-order valence-corrected chi connectivity index (χ2v) is 10.9. The van der Waals surface area contributed by atoms with Crippen LogP contribution >= 0.6 is 0 Å². The molecule has 0 aromatic carbocycles. The average Bonchev–Trinajstić information content (AvgIpc) is 2.70. The maximum absolute atomic E-state index is 11.8. The molecule has 0 aliphatic carbocycles. The number of nitrogens with zero attached hydrogens (tertiary/aromatic N) is 1. The average molecular weight is 432 g/mol. The zero-order chi connectivity index (χ0) is 21.2. The smallest absolute Gasteiger partial charge is 0.307 e. The van der Waals surface area contributed by atoms with Crippen molar-refractivity contribution in [2.75, 3.05) is 37.7 Å². The first-order valence-electron chi connectivity index (χ1n) is 12.1. The minimum atomic E-state index is -2.85. The molecule has 1 saturated heterocycles. The summed E-state index contributed by atoms with van der Waals surface area (Å²) in [6.07, 6.45) is 18.8. The summed E-state index contributed by atoms with van der Waals surface area (Å²) in [5, 5.41) is 0. The lowest BCUT2D eigenvalue weighted by Crippen LogP contribution is -2.41. The Bertz CT molecular complexity index is 493. The molecule has 1 aliphatic heterocycles. The van der Waals surface area contributed by atoms with Crippen LogP contribution in [0.15, 0.2) is 0 Å². The number of unbranched alkanes of at least 4 members (excludes halogenated alkanes) is 13. The molecule has 0 radical (unpaired) electrons. The largest absolute Gasteiger partial charge is 0.466 e. The predicted molar refractivity (Wildman–Crippen MR) is 121 cm³/mol. The Morgan fingerprint density at radius 2 is 1.21 bits per heavy atom. The first kappa shape index (κ1) is 26.4. The Hall–Kier alpha value is -0.620. The lowest BCUT2D eigenvalue weighted by molar-refractivity contribution is -0.144. The highest BCUT2D eigenvalue weighted by molar-refractivity contribution is 7.91.